The molecule has 114 valence electrons. The van der Waals surface area contributed by atoms with E-state index in [9.17, 15) is 4.79 Å². The van der Waals surface area contributed by atoms with Crippen molar-refractivity contribution in [2.24, 2.45) is 0 Å². The summed E-state index contributed by atoms with van der Waals surface area (Å²) in [5, 5.41) is 0. The summed E-state index contributed by atoms with van der Waals surface area (Å²) in [6.07, 6.45) is 3.33. The van der Waals surface area contributed by atoms with Crippen LogP contribution in [0.4, 0.5) is 0 Å². The largest absolute Gasteiger partial charge is 0.328 e. The number of halogens is 1. The molecule has 1 aromatic carbocycles. The number of rotatable bonds is 3. The number of pyridine rings is 1. The number of nitrogens with zero attached hydrogens (tertiary/aromatic N) is 2. The highest BCUT2D eigenvalue weighted by Crippen LogP contribution is 2.14. The summed E-state index contributed by atoms with van der Waals surface area (Å²) in [6.45, 7) is 4.55. The molecule has 3 rings (SSSR count). The third kappa shape index (κ3) is 3.54. The second kappa shape index (κ2) is 7.03. The van der Waals surface area contributed by atoms with Crippen LogP contribution in [0.25, 0.3) is 0 Å². The van der Waals surface area contributed by atoms with Gasteiger partial charge >= 0.3 is 0 Å². The molecule has 4 nitrogen and oxygen atoms in total. The molecule has 1 N–H and O–H groups in total. The standard InChI is InChI=1S/C17H18BrN3O/c18-16-6-2-1-4-15(16)13-20-8-10-21(11-9-20)17(22)14-5-3-7-19-12-14/h1-7,12H,8-11,13H2/p+1. The predicted molar refractivity (Wildman–Crippen MR) is 88.7 cm³/mol. The van der Waals surface area contributed by atoms with Crippen molar-refractivity contribution in [3.63, 3.8) is 0 Å². The normalized spacial score (nSPS) is 15.8. The first-order chi connectivity index (χ1) is 10.7. The highest BCUT2D eigenvalue weighted by Gasteiger charge is 2.24. The van der Waals surface area contributed by atoms with Crippen LogP contribution in [-0.2, 0) is 6.54 Å². The molecule has 1 amide bonds. The van der Waals surface area contributed by atoms with Gasteiger partial charge < -0.3 is 9.80 Å². The molecule has 22 heavy (non-hydrogen) atoms. The highest BCUT2D eigenvalue weighted by atomic mass is 79.9. The molecule has 5 heteroatoms. The summed E-state index contributed by atoms with van der Waals surface area (Å²) in [5.41, 5.74) is 2.00. The van der Waals surface area contributed by atoms with E-state index >= 15 is 0 Å². The molecule has 0 bridgehead atoms. The van der Waals surface area contributed by atoms with Crippen LogP contribution in [-0.4, -0.2) is 42.0 Å². The highest BCUT2D eigenvalue weighted by molar-refractivity contribution is 9.10. The van der Waals surface area contributed by atoms with Gasteiger partial charge in [-0.1, -0.05) is 34.1 Å². The fourth-order valence-corrected chi connectivity index (χ4v) is 3.21. The van der Waals surface area contributed by atoms with Crippen molar-refractivity contribution in [2.75, 3.05) is 26.2 Å². The van der Waals surface area contributed by atoms with Crippen molar-refractivity contribution < 1.29 is 9.69 Å². The summed E-state index contributed by atoms with van der Waals surface area (Å²) >= 11 is 3.60. The average Bonchev–Trinajstić information content (AvgIpc) is 2.58. The maximum absolute atomic E-state index is 12.4. The maximum atomic E-state index is 12.4. The molecule has 0 aliphatic carbocycles. The van der Waals surface area contributed by atoms with E-state index in [1.165, 1.54) is 10.5 Å². The van der Waals surface area contributed by atoms with Crippen molar-refractivity contribution in [3.8, 4) is 0 Å². The van der Waals surface area contributed by atoms with Gasteiger partial charge in [-0.25, -0.2) is 0 Å². The number of piperazine rings is 1. The Morgan fingerprint density at radius 2 is 1.95 bits per heavy atom. The van der Waals surface area contributed by atoms with Gasteiger partial charge in [-0.15, -0.1) is 0 Å². The number of carbonyl (C=O) groups is 1. The Morgan fingerprint density at radius 1 is 1.18 bits per heavy atom. The van der Waals surface area contributed by atoms with Crippen LogP contribution in [0, 0.1) is 0 Å². The fraction of sp³-hybridized carbons (Fsp3) is 0.294. The van der Waals surface area contributed by atoms with Crippen molar-refractivity contribution in [3.05, 3.63) is 64.4 Å². The number of carbonyl (C=O) groups excluding carboxylic acids is 1. The molecule has 0 unspecified atom stereocenters. The minimum atomic E-state index is 0.0908. The molecule has 0 atom stereocenters. The summed E-state index contributed by atoms with van der Waals surface area (Å²) in [4.78, 5) is 19.9. The van der Waals surface area contributed by atoms with Gasteiger partial charge in [-0.2, -0.15) is 0 Å². The van der Waals surface area contributed by atoms with Gasteiger partial charge in [0.15, 0.2) is 0 Å². The molecule has 1 aromatic heterocycles. The molecule has 1 aliphatic rings. The lowest BCUT2D eigenvalue weighted by Crippen LogP contribution is -3.13. The van der Waals surface area contributed by atoms with E-state index in [0.717, 1.165) is 37.2 Å². The quantitative estimate of drug-likeness (QED) is 0.897. The Balaban J connectivity index is 1.57. The molecule has 2 heterocycles. The lowest BCUT2D eigenvalue weighted by atomic mass is 10.2. The van der Waals surface area contributed by atoms with Crippen LogP contribution < -0.4 is 4.90 Å². The number of aromatic nitrogens is 1. The second-order valence-corrected chi connectivity index (χ2v) is 6.41. The summed E-state index contributed by atoms with van der Waals surface area (Å²) in [5.74, 6) is 0.0908. The number of hydrogen-bond donors (Lipinski definition) is 1. The fourth-order valence-electron chi connectivity index (χ4n) is 2.79. The SMILES string of the molecule is O=C(c1cccnc1)N1CC[NH+](Cc2ccccc2Br)CC1. The van der Waals surface area contributed by atoms with Crippen LogP contribution in [0.2, 0.25) is 0 Å². The van der Waals surface area contributed by atoms with Gasteiger partial charge in [0.1, 0.15) is 6.54 Å². The monoisotopic (exact) mass is 360 g/mol. The molecular formula is C17H19BrN3O+. The Labute approximate surface area is 138 Å². The van der Waals surface area contributed by atoms with E-state index in [1.807, 2.05) is 23.1 Å². The smallest absolute Gasteiger partial charge is 0.255 e. The van der Waals surface area contributed by atoms with E-state index < -0.39 is 0 Å². The van der Waals surface area contributed by atoms with Crippen LogP contribution in [0.3, 0.4) is 0 Å². The van der Waals surface area contributed by atoms with Gasteiger partial charge in [-0.3, -0.25) is 9.78 Å². The number of benzene rings is 1. The predicted octanol–water partition coefficient (Wildman–Crippen LogP) is 1.39. The van der Waals surface area contributed by atoms with E-state index in [0.29, 0.717) is 5.56 Å². The van der Waals surface area contributed by atoms with E-state index in [4.69, 9.17) is 0 Å². The van der Waals surface area contributed by atoms with Crippen LogP contribution in [0.1, 0.15) is 15.9 Å². The number of quaternary nitrogens is 1. The molecule has 1 fully saturated rings. The van der Waals surface area contributed by atoms with Crippen LogP contribution in [0.5, 0.6) is 0 Å². The zero-order valence-electron chi connectivity index (χ0n) is 12.3. The number of amides is 1. The molecular weight excluding hydrogens is 342 g/mol. The summed E-state index contributed by atoms with van der Waals surface area (Å²) < 4.78 is 1.16. The van der Waals surface area contributed by atoms with E-state index in [1.54, 1.807) is 12.4 Å². The van der Waals surface area contributed by atoms with Crippen molar-refractivity contribution in [1.82, 2.24) is 9.88 Å². The molecule has 0 radical (unpaired) electrons. The molecule has 1 saturated heterocycles. The van der Waals surface area contributed by atoms with Gasteiger partial charge in [-0.05, 0) is 18.2 Å². The second-order valence-electron chi connectivity index (χ2n) is 5.55. The molecule has 1 aliphatic heterocycles. The Bertz CT molecular complexity index is 639. The zero-order chi connectivity index (χ0) is 15.4. The van der Waals surface area contributed by atoms with E-state index in [-0.39, 0.29) is 5.91 Å². The summed E-state index contributed by atoms with van der Waals surface area (Å²) in [6, 6.07) is 12.0. The molecule has 0 spiro atoms. The minimum absolute atomic E-state index is 0.0908. The Hall–Kier alpha value is -1.72. The maximum Gasteiger partial charge on any atom is 0.255 e. The first-order valence-electron chi connectivity index (χ1n) is 7.50. The zero-order valence-corrected chi connectivity index (χ0v) is 13.9. The van der Waals surface area contributed by atoms with Gasteiger partial charge in [0.05, 0.1) is 31.7 Å². The Morgan fingerprint density at radius 3 is 2.64 bits per heavy atom. The van der Waals surface area contributed by atoms with E-state index in [2.05, 4.69) is 39.1 Å². The summed E-state index contributed by atoms with van der Waals surface area (Å²) in [7, 11) is 0. The molecule has 0 saturated carbocycles. The van der Waals surface area contributed by atoms with Gasteiger partial charge in [0.2, 0.25) is 0 Å². The lowest BCUT2D eigenvalue weighted by molar-refractivity contribution is -0.917. The van der Waals surface area contributed by atoms with Crippen molar-refractivity contribution in [1.29, 1.82) is 0 Å². The minimum Gasteiger partial charge on any atom is -0.328 e. The first-order valence-corrected chi connectivity index (χ1v) is 8.29. The molecule has 2 aromatic rings. The van der Waals surface area contributed by atoms with Crippen LogP contribution in [0.15, 0.2) is 53.3 Å². The third-order valence-corrected chi connectivity index (χ3v) is 4.84. The van der Waals surface area contributed by atoms with Gasteiger partial charge in [0.25, 0.3) is 5.91 Å². The third-order valence-electron chi connectivity index (χ3n) is 4.06. The Kier molecular flexibility index (Phi) is 4.85. The number of hydrogen-bond acceptors (Lipinski definition) is 2. The lowest BCUT2D eigenvalue weighted by Gasteiger charge is -2.32. The van der Waals surface area contributed by atoms with Crippen LogP contribution >= 0.6 is 15.9 Å². The topological polar surface area (TPSA) is 37.6 Å². The van der Waals surface area contributed by atoms with Crippen molar-refractivity contribution >= 4 is 21.8 Å². The number of nitrogens with one attached hydrogen (secondary N) is 1. The van der Waals surface area contributed by atoms with Gasteiger partial charge in [0, 0.05) is 22.4 Å². The van der Waals surface area contributed by atoms with Crippen molar-refractivity contribution in [2.45, 2.75) is 6.54 Å². The average molecular weight is 361 g/mol. The first kappa shape index (κ1) is 15.2.